The van der Waals surface area contributed by atoms with Crippen LogP contribution in [-0.2, 0) is 0 Å². The Bertz CT molecular complexity index is 1160. The Balaban J connectivity index is 1.40. The number of aliphatic hydroxyl groups excluding tert-OH is 1. The summed E-state index contributed by atoms with van der Waals surface area (Å²) in [5.41, 5.74) is 2.99. The summed E-state index contributed by atoms with van der Waals surface area (Å²) in [6.45, 7) is 2.58. The van der Waals surface area contributed by atoms with Crippen LogP contribution >= 0.6 is 11.3 Å². The van der Waals surface area contributed by atoms with E-state index in [1.807, 2.05) is 24.5 Å². The molecule has 0 bridgehead atoms. The van der Waals surface area contributed by atoms with Crippen LogP contribution in [0.5, 0.6) is 0 Å². The summed E-state index contributed by atoms with van der Waals surface area (Å²) >= 11 is 1.49. The van der Waals surface area contributed by atoms with Crippen molar-refractivity contribution in [2.24, 2.45) is 0 Å². The van der Waals surface area contributed by atoms with E-state index in [1.165, 1.54) is 24.2 Å². The lowest BCUT2D eigenvalue weighted by Gasteiger charge is -2.34. The lowest BCUT2D eigenvalue weighted by atomic mass is 9.96. The van der Waals surface area contributed by atoms with Gasteiger partial charge in [0.05, 0.1) is 39.8 Å². The number of hydrogen-bond acceptors (Lipinski definition) is 9. The van der Waals surface area contributed by atoms with Gasteiger partial charge in [-0.15, -0.1) is 11.3 Å². The highest BCUT2D eigenvalue weighted by molar-refractivity contribution is 7.21. The standard InChI is InChI=1S/C24H31N7O2S/c1-30(2)23(33)22-20(15-5-3-4-6-15)21-18(34-22)12-27-24(29-21)28-19-8-7-17(11-26-19)31-10-9-25-16(13-31)14-32/h7-8,11-12,15-16,25,32H,3-6,9-10,13-14H2,1-2H3,(H,26,27,28,29)/t16-/m1/s1. The Kier molecular flexibility index (Phi) is 6.62. The van der Waals surface area contributed by atoms with Gasteiger partial charge < -0.3 is 25.5 Å². The first-order valence-corrected chi connectivity index (χ1v) is 12.7. The third-order valence-electron chi connectivity index (χ3n) is 6.66. The van der Waals surface area contributed by atoms with Gasteiger partial charge >= 0.3 is 0 Å². The van der Waals surface area contributed by atoms with E-state index in [9.17, 15) is 9.90 Å². The number of thiophene rings is 1. The molecule has 180 valence electrons. The van der Waals surface area contributed by atoms with Crippen molar-refractivity contribution in [2.45, 2.75) is 37.6 Å². The van der Waals surface area contributed by atoms with Crippen LogP contribution in [0, 0.1) is 0 Å². The third kappa shape index (κ3) is 4.57. The quantitative estimate of drug-likeness (QED) is 0.493. The van der Waals surface area contributed by atoms with E-state index >= 15 is 0 Å². The van der Waals surface area contributed by atoms with Crippen molar-refractivity contribution >= 4 is 44.9 Å². The van der Waals surface area contributed by atoms with E-state index in [0.717, 1.165) is 58.8 Å². The van der Waals surface area contributed by atoms with E-state index in [0.29, 0.717) is 17.7 Å². The van der Waals surface area contributed by atoms with Gasteiger partial charge in [0.15, 0.2) is 0 Å². The number of hydrogen-bond donors (Lipinski definition) is 3. The Hall–Kier alpha value is -2.82. The first-order chi connectivity index (χ1) is 16.5. The van der Waals surface area contributed by atoms with Gasteiger partial charge in [-0.3, -0.25) is 4.79 Å². The van der Waals surface area contributed by atoms with Crippen LogP contribution in [0.4, 0.5) is 17.5 Å². The van der Waals surface area contributed by atoms with Crippen LogP contribution in [0.15, 0.2) is 24.5 Å². The van der Waals surface area contributed by atoms with Gasteiger partial charge in [-0.1, -0.05) is 12.8 Å². The molecule has 3 N–H and O–H groups in total. The number of anilines is 3. The van der Waals surface area contributed by atoms with Crippen LogP contribution in [0.3, 0.4) is 0 Å². The minimum absolute atomic E-state index is 0.0352. The normalized spacial score (nSPS) is 19.0. The lowest BCUT2D eigenvalue weighted by Crippen LogP contribution is -2.52. The molecule has 1 saturated heterocycles. The van der Waals surface area contributed by atoms with Gasteiger partial charge in [-0.25, -0.2) is 15.0 Å². The molecule has 1 atom stereocenters. The van der Waals surface area contributed by atoms with Gasteiger partial charge in [-0.2, -0.15) is 0 Å². The molecule has 1 aliphatic carbocycles. The highest BCUT2D eigenvalue weighted by Crippen LogP contribution is 2.43. The minimum Gasteiger partial charge on any atom is -0.395 e. The van der Waals surface area contributed by atoms with E-state index < -0.39 is 0 Å². The highest BCUT2D eigenvalue weighted by Gasteiger charge is 2.29. The number of fused-ring (bicyclic) bond motifs is 1. The van der Waals surface area contributed by atoms with Gasteiger partial charge in [-0.05, 0) is 30.9 Å². The summed E-state index contributed by atoms with van der Waals surface area (Å²) < 4.78 is 0.943. The van der Waals surface area contributed by atoms with Crippen LogP contribution in [0.2, 0.25) is 0 Å². The summed E-state index contributed by atoms with van der Waals surface area (Å²) in [6, 6.07) is 4.03. The molecule has 0 aromatic carbocycles. The second-order valence-electron chi connectivity index (χ2n) is 9.24. The molecular formula is C24H31N7O2S. The average Bonchev–Trinajstić information content (AvgIpc) is 3.51. The maximum atomic E-state index is 12.9. The Labute approximate surface area is 203 Å². The zero-order valence-electron chi connectivity index (χ0n) is 19.6. The monoisotopic (exact) mass is 481 g/mol. The maximum absolute atomic E-state index is 12.9. The van der Waals surface area contributed by atoms with Crippen molar-refractivity contribution in [3.05, 3.63) is 35.0 Å². The molecule has 2 fully saturated rings. The largest absolute Gasteiger partial charge is 0.395 e. The SMILES string of the molecule is CN(C)C(=O)c1sc2cnc(Nc3ccc(N4CCN[C@@H](CO)C4)cn3)nc2c1C1CCCC1. The number of rotatable bonds is 6. The predicted molar refractivity (Wildman–Crippen MR) is 135 cm³/mol. The lowest BCUT2D eigenvalue weighted by molar-refractivity contribution is 0.0831. The Morgan fingerprint density at radius 2 is 2.09 bits per heavy atom. The van der Waals surface area contributed by atoms with E-state index in [-0.39, 0.29) is 18.6 Å². The van der Waals surface area contributed by atoms with Crippen LogP contribution in [0.1, 0.15) is 46.8 Å². The van der Waals surface area contributed by atoms with Crippen molar-refractivity contribution in [2.75, 3.05) is 50.6 Å². The molecule has 0 unspecified atom stereocenters. The second kappa shape index (κ2) is 9.81. The molecule has 1 aliphatic heterocycles. The molecule has 4 heterocycles. The molecule has 0 radical (unpaired) electrons. The molecule has 0 spiro atoms. The fourth-order valence-corrected chi connectivity index (χ4v) is 6.09. The average molecular weight is 482 g/mol. The maximum Gasteiger partial charge on any atom is 0.263 e. The summed E-state index contributed by atoms with van der Waals surface area (Å²) in [5, 5.41) is 16.0. The zero-order chi connectivity index (χ0) is 23.7. The van der Waals surface area contributed by atoms with Gasteiger partial charge in [0.25, 0.3) is 5.91 Å². The first-order valence-electron chi connectivity index (χ1n) is 11.9. The van der Waals surface area contributed by atoms with Crippen molar-refractivity contribution in [3.63, 3.8) is 0 Å². The summed E-state index contributed by atoms with van der Waals surface area (Å²) in [4.78, 5) is 31.5. The molecule has 5 rings (SSSR count). The highest BCUT2D eigenvalue weighted by atomic mass is 32.1. The topological polar surface area (TPSA) is 107 Å². The van der Waals surface area contributed by atoms with E-state index in [2.05, 4.69) is 25.5 Å². The molecule has 1 amide bonds. The van der Waals surface area contributed by atoms with Crippen LogP contribution in [-0.4, -0.2) is 77.2 Å². The first kappa shape index (κ1) is 22.9. The fourth-order valence-electron chi connectivity index (χ4n) is 4.87. The second-order valence-corrected chi connectivity index (χ2v) is 10.3. The summed E-state index contributed by atoms with van der Waals surface area (Å²) in [7, 11) is 3.59. The Morgan fingerprint density at radius 1 is 1.26 bits per heavy atom. The molecule has 1 saturated carbocycles. The number of aliphatic hydroxyl groups is 1. The number of carbonyl (C=O) groups is 1. The minimum atomic E-state index is 0.0352. The molecule has 3 aromatic heterocycles. The van der Waals surface area contributed by atoms with Crippen molar-refractivity contribution in [1.29, 1.82) is 0 Å². The molecule has 3 aromatic rings. The predicted octanol–water partition coefficient (Wildman–Crippen LogP) is 2.96. The molecule has 2 aliphatic rings. The number of piperazine rings is 1. The summed E-state index contributed by atoms with van der Waals surface area (Å²) in [5.74, 6) is 1.55. The smallest absolute Gasteiger partial charge is 0.263 e. The van der Waals surface area contributed by atoms with Gasteiger partial charge in [0.1, 0.15) is 5.82 Å². The number of nitrogens with zero attached hydrogens (tertiary/aromatic N) is 5. The van der Waals surface area contributed by atoms with E-state index in [1.54, 1.807) is 19.0 Å². The molecule has 34 heavy (non-hydrogen) atoms. The molecular weight excluding hydrogens is 450 g/mol. The van der Waals surface area contributed by atoms with Gasteiger partial charge in [0, 0.05) is 45.3 Å². The Morgan fingerprint density at radius 3 is 2.79 bits per heavy atom. The van der Waals surface area contributed by atoms with Gasteiger partial charge in [0.2, 0.25) is 5.95 Å². The fraction of sp³-hybridized carbons (Fsp3) is 0.500. The van der Waals surface area contributed by atoms with Crippen molar-refractivity contribution < 1.29 is 9.90 Å². The van der Waals surface area contributed by atoms with Crippen LogP contribution < -0.4 is 15.5 Å². The van der Waals surface area contributed by atoms with E-state index in [4.69, 9.17) is 4.98 Å². The number of amides is 1. The number of pyridine rings is 1. The number of nitrogens with one attached hydrogen (secondary N) is 2. The van der Waals surface area contributed by atoms with Crippen molar-refractivity contribution in [3.8, 4) is 0 Å². The number of aromatic nitrogens is 3. The summed E-state index contributed by atoms with van der Waals surface area (Å²) in [6.07, 6.45) is 8.22. The molecule has 9 nitrogen and oxygen atoms in total. The number of carbonyl (C=O) groups excluding carboxylic acids is 1. The van der Waals surface area contributed by atoms with Crippen molar-refractivity contribution in [1.82, 2.24) is 25.2 Å². The van der Waals surface area contributed by atoms with Crippen LogP contribution in [0.25, 0.3) is 10.2 Å². The third-order valence-corrected chi connectivity index (χ3v) is 7.78. The zero-order valence-corrected chi connectivity index (χ0v) is 20.4. The molecule has 10 heteroatoms.